The highest BCUT2D eigenvalue weighted by Gasteiger charge is 2.42. The van der Waals surface area contributed by atoms with Gasteiger partial charge in [0.25, 0.3) is 5.91 Å². The van der Waals surface area contributed by atoms with E-state index in [4.69, 9.17) is 14.2 Å². The maximum Gasteiger partial charge on any atom is 0.289 e. The van der Waals surface area contributed by atoms with Gasteiger partial charge in [0.2, 0.25) is 5.91 Å². The van der Waals surface area contributed by atoms with Crippen LogP contribution in [0.1, 0.15) is 36.8 Å². The van der Waals surface area contributed by atoms with Crippen molar-refractivity contribution in [2.75, 3.05) is 27.3 Å². The number of nitrogens with one attached hydrogen (secondary N) is 1. The van der Waals surface area contributed by atoms with E-state index in [-0.39, 0.29) is 36.3 Å². The normalized spacial score (nSPS) is 20.7. The minimum absolute atomic E-state index is 0.0165. The maximum absolute atomic E-state index is 13.4. The van der Waals surface area contributed by atoms with E-state index in [1.54, 1.807) is 25.2 Å². The summed E-state index contributed by atoms with van der Waals surface area (Å²) in [6.07, 6.45) is 6.12. The standard InChI is InChI=1S/C27H31BrN2O5/c1-33-23-12-11-18(15-24(23)34-2)13-14-29-26(31)17-30-21-9-5-6-10-22(21)35-25(27(30)32)16-19-7-3-4-8-20(19)28/h3-4,7-8,11-12,15-16,21-22H,5-6,9-10,13-14,17H2,1-2H3,(H,29,31)/b25-16+. The van der Waals surface area contributed by atoms with E-state index < -0.39 is 0 Å². The Morgan fingerprint density at radius 2 is 1.91 bits per heavy atom. The molecule has 7 nitrogen and oxygen atoms in total. The van der Waals surface area contributed by atoms with Crippen molar-refractivity contribution in [1.29, 1.82) is 0 Å². The van der Waals surface area contributed by atoms with Gasteiger partial charge in [-0.25, -0.2) is 0 Å². The first-order valence-corrected chi connectivity index (χ1v) is 12.7. The molecule has 1 aliphatic carbocycles. The number of morpholine rings is 1. The van der Waals surface area contributed by atoms with Crippen molar-refractivity contribution in [2.45, 2.75) is 44.2 Å². The summed E-state index contributed by atoms with van der Waals surface area (Å²) in [4.78, 5) is 27.9. The van der Waals surface area contributed by atoms with Gasteiger partial charge in [0.15, 0.2) is 17.3 Å². The Balaban J connectivity index is 1.42. The molecule has 1 aliphatic heterocycles. The van der Waals surface area contributed by atoms with Crippen LogP contribution in [0, 0.1) is 0 Å². The Bertz CT molecular complexity index is 1100. The minimum Gasteiger partial charge on any atom is -0.493 e. The number of ether oxygens (including phenoxy) is 3. The largest absolute Gasteiger partial charge is 0.493 e. The number of methoxy groups -OCH3 is 2. The van der Waals surface area contributed by atoms with Gasteiger partial charge in [0.1, 0.15) is 12.6 Å². The predicted molar refractivity (Wildman–Crippen MR) is 137 cm³/mol. The molecular weight excluding hydrogens is 512 g/mol. The first-order chi connectivity index (χ1) is 17.0. The second-order valence-electron chi connectivity index (χ2n) is 8.76. The second kappa shape index (κ2) is 11.6. The lowest BCUT2D eigenvalue weighted by Gasteiger charge is -2.44. The highest BCUT2D eigenvalue weighted by molar-refractivity contribution is 9.10. The Morgan fingerprint density at radius 3 is 2.69 bits per heavy atom. The molecule has 8 heteroatoms. The van der Waals surface area contributed by atoms with Crippen LogP contribution in [0.25, 0.3) is 6.08 Å². The molecule has 2 atom stereocenters. The number of rotatable bonds is 8. The molecule has 0 radical (unpaired) electrons. The topological polar surface area (TPSA) is 77.1 Å². The summed E-state index contributed by atoms with van der Waals surface area (Å²) < 4.78 is 17.7. The summed E-state index contributed by atoms with van der Waals surface area (Å²) in [5.74, 6) is 1.20. The summed E-state index contributed by atoms with van der Waals surface area (Å²) >= 11 is 3.53. The summed E-state index contributed by atoms with van der Waals surface area (Å²) in [5, 5.41) is 2.96. The first kappa shape index (κ1) is 25.1. The van der Waals surface area contributed by atoms with E-state index in [1.165, 1.54) is 0 Å². The average Bonchev–Trinajstić information content (AvgIpc) is 2.87. The van der Waals surface area contributed by atoms with Crippen LogP contribution in [0.3, 0.4) is 0 Å². The molecule has 2 unspecified atom stereocenters. The zero-order valence-corrected chi connectivity index (χ0v) is 21.7. The zero-order valence-electron chi connectivity index (χ0n) is 20.1. The van der Waals surface area contributed by atoms with Crippen LogP contribution in [0.2, 0.25) is 0 Å². The van der Waals surface area contributed by atoms with Gasteiger partial charge < -0.3 is 24.4 Å². The van der Waals surface area contributed by atoms with Crippen molar-refractivity contribution >= 4 is 33.8 Å². The zero-order chi connectivity index (χ0) is 24.8. The maximum atomic E-state index is 13.4. The number of hydrogen-bond donors (Lipinski definition) is 1. The molecule has 0 spiro atoms. The Labute approximate surface area is 214 Å². The average molecular weight is 543 g/mol. The highest BCUT2D eigenvalue weighted by atomic mass is 79.9. The molecule has 1 saturated carbocycles. The first-order valence-electron chi connectivity index (χ1n) is 11.9. The number of carbonyl (C=O) groups is 2. The van der Waals surface area contributed by atoms with Crippen LogP contribution >= 0.6 is 15.9 Å². The van der Waals surface area contributed by atoms with Crippen LogP contribution < -0.4 is 14.8 Å². The van der Waals surface area contributed by atoms with E-state index in [9.17, 15) is 9.59 Å². The molecule has 1 N–H and O–H groups in total. The monoisotopic (exact) mass is 542 g/mol. The lowest BCUT2D eigenvalue weighted by molar-refractivity contribution is -0.151. The quantitative estimate of drug-likeness (QED) is 0.502. The van der Waals surface area contributed by atoms with Crippen LogP contribution in [0.4, 0.5) is 0 Å². The molecule has 4 rings (SSSR count). The van der Waals surface area contributed by atoms with Crippen molar-refractivity contribution < 1.29 is 23.8 Å². The molecular formula is C27H31BrN2O5. The van der Waals surface area contributed by atoms with Gasteiger partial charge in [0.05, 0.1) is 20.3 Å². The van der Waals surface area contributed by atoms with E-state index in [1.807, 2.05) is 42.5 Å². The Hall–Kier alpha value is -3.00. The van der Waals surface area contributed by atoms with Crippen LogP contribution in [-0.2, 0) is 20.7 Å². The smallest absolute Gasteiger partial charge is 0.289 e. The van der Waals surface area contributed by atoms with Crippen LogP contribution in [0.15, 0.2) is 52.7 Å². The minimum atomic E-state index is -0.237. The second-order valence-corrected chi connectivity index (χ2v) is 9.61. The third-order valence-electron chi connectivity index (χ3n) is 6.51. The number of amides is 2. The molecule has 0 bridgehead atoms. The van der Waals surface area contributed by atoms with E-state index in [0.29, 0.717) is 24.5 Å². The highest BCUT2D eigenvalue weighted by Crippen LogP contribution is 2.34. The summed E-state index contributed by atoms with van der Waals surface area (Å²) in [7, 11) is 3.20. The fourth-order valence-corrected chi connectivity index (χ4v) is 5.09. The number of carbonyl (C=O) groups excluding carboxylic acids is 2. The number of hydrogen-bond acceptors (Lipinski definition) is 5. The molecule has 0 aromatic heterocycles. The van der Waals surface area contributed by atoms with Crippen molar-refractivity contribution in [1.82, 2.24) is 10.2 Å². The third-order valence-corrected chi connectivity index (χ3v) is 7.23. The van der Waals surface area contributed by atoms with E-state index in [2.05, 4.69) is 21.2 Å². The van der Waals surface area contributed by atoms with Gasteiger partial charge in [-0.15, -0.1) is 0 Å². The molecule has 186 valence electrons. The molecule has 2 fully saturated rings. The van der Waals surface area contributed by atoms with Crippen molar-refractivity contribution in [3.8, 4) is 11.5 Å². The molecule has 1 saturated heterocycles. The van der Waals surface area contributed by atoms with Gasteiger partial charge in [-0.2, -0.15) is 0 Å². The van der Waals surface area contributed by atoms with Crippen LogP contribution in [0.5, 0.6) is 11.5 Å². The molecule has 2 aromatic rings. The Kier molecular flexibility index (Phi) is 8.33. The van der Waals surface area contributed by atoms with Crippen molar-refractivity contribution in [3.63, 3.8) is 0 Å². The van der Waals surface area contributed by atoms with Crippen molar-refractivity contribution in [2.24, 2.45) is 0 Å². The van der Waals surface area contributed by atoms with E-state index in [0.717, 1.165) is 41.3 Å². The number of halogens is 1. The number of benzene rings is 2. The van der Waals surface area contributed by atoms with Gasteiger partial charge >= 0.3 is 0 Å². The summed E-state index contributed by atoms with van der Waals surface area (Å²) in [6.45, 7) is 0.475. The van der Waals surface area contributed by atoms with Gasteiger partial charge in [-0.3, -0.25) is 9.59 Å². The molecule has 2 aliphatic rings. The van der Waals surface area contributed by atoms with Gasteiger partial charge in [0, 0.05) is 11.0 Å². The van der Waals surface area contributed by atoms with Crippen LogP contribution in [-0.4, -0.2) is 56.2 Å². The SMILES string of the molecule is COc1ccc(CCNC(=O)CN2C(=O)/C(=C\c3ccccc3Br)OC3CCCCC32)cc1OC. The molecule has 2 aromatic carbocycles. The molecule has 35 heavy (non-hydrogen) atoms. The lowest BCUT2D eigenvalue weighted by Crippen LogP contribution is -2.57. The lowest BCUT2D eigenvalue weighted by atomic mass is 9.89. The summed E-state index contributed by atoms with van der Waals surface area (Å²) in [6, 6.07) is 13.3. The summed E-state index contributed by atoms with van der Waals surface area (Å²) in [5.41, 5.74) is 1.89. The number of fused-ring (bicyclic) bond motifs is 1. The Morgan fingerprint density at radius 1 is 1.14 bits per heavy atom. The fraction of sp³-hybridized carbons (Fsp3) is 0.407. The van der Waals surface area contributed by atoms with Gasteiger partial charge in [-0.05, 0) is 61.1 Å². The predicted octanol–water partition coefficient (Wildman–Crippen LogP) is 4.34. The van der Waals surface area contributed by atoms with Gasteiger partial charge in [-0.1, -0.05) is 46.6 Å². The van der Waals surface area contributed by atoms with Crippen molar-refractivity contribution in [3.05, 3.63) is 63.8 Å². The molecule has 2 amide bonds. The van der Waals surface area contributed by atoms with E-state index >= 15 is 0 Å². The molecule has 1 heterocycles. The fourth-order valence-electron chi connectivity index (χ4n) is 4.69. The number of nitrogens with zero attached hydrogens (tertiary/aromatic N) is 1. The third kappa shape index (κ3) is 5.99.